The molecule has 0 bridgehead atoms. The Morgan fingerprint density at radius 1 is 1.33 bits per heavy atom. The number of rotatable bonds is 4. The summed E-state index contributed by atoms with van der Waals surface area (Å²) < 4.78 is 17.5. The molecule has 5 nitrogen and oxygen atoms in total. The van der Waals surface area contributed by atoms with E-state index in [9.17, 15) is 9.59 Å². The highest BCUT2D eigenvalue weighted by molar-refractivity contribution is 5.70. The zero-order valence-corrected chi connectivity index (χ0v) is 17.1. The van der Waals surface area contributed by atoms with Gasteiger partial charge in [0.1, 0.15) is 18.0 Å². The molecule has 0 radical (unpaired) electrons. The van der Waals surface area contributed by atoms with Crippen LogP contribution in [0.3, 0.4) is 0 Å². The van der Waals surface area contributed by atoms with Crippen LogP contribution < -0.4 is 0 Å². The summed E-state index contributed by atoms with van der Waals surface area (Å²) in [5.74, 6) is 0.631. The van der Waals surface area contributed by atoms with Gasteiger partial charge < -0.3 is 13.9 Å². The third kappa shape index (κ3) is 3.44. The molecule has 0 amide bonds. The molecule has 4 atom stereocenters. The number of esters is 2. The summed E-state index contributed by atoms with van der Waals surface area (Å²) in [4.78, 5) is 24.2. The SMILES string of the molecule is CC(=O)O[C@H]1CC=C2Cc3occ(C)c3[C@@H](OC(=O)CC(C)C)[C@]2(C)[C@H]1C. The molecule has 0 fully saturated rings. The van der Waals surface area contributed by atoms with E-state index in [0.29, 0.717) is 19.3 Å². The third-order valence-corrected chi connectivity index (χ3v) is 6.19. The van der Waals surface area contributed by atoms with E-state index in [1.807, 2.05) is 20.8 Å². The molecule has 0 spiro atoms. The van der Waals surface area contributed by atoms with Gasteiger partial charge in [-0.3, -0.25) is 9.59 Å². The normalized spacial score (nSPS) is 29.6. The molecule has 0 saturated carbocycles. The highest BCUT2D eigenvalue weighted by atomic mass is 16.6. The van der Waals surface area contributed by atoms with Crippen molar-refractivity contribution in [3.05, 3.63) is 34.8 Å². The minimum atomic E-state index is -0.439. The molecule has 1 aromatic heterocycles. The molecule has 5 heteroatoms. The summed E-state index contributed by atoms with van der Waals surface area (Å²) >= 11 is 0. The van der Waals surface area contributed by atoms with Crippen LogP contribution >= 0.6 is 0 Å². The van der Waals surface area contributed by atoms with Crippen molar-refractivity contribution in [3.63, 3.8) is 0 Å². The summed E-state index contributed by atoms with van der Waals surface area (Å²) in [6, 6.07) is 0. The summed E-state index contributed by atoms with van der Waals surface area (Å²) in [6.07, 6.45) is 4.96. The Hall–Kier alpha value is -2.04. The Morgan fingerprint density at radius 3 is 2.67 bits per heavy atom. The minimum Gasteiger partial charge on any atom is -0.468 e. The second-order valence-electron chi connectivity index (χ2n) is 8.58. The fraction of sp³-hybridized carbons (Fsp3) is 0.636. The maximum absolute atomic E-state index is 12.6. The van der Waals surface area contributed by atoms with Gasteiger partial charge in [0.05, 0.1) is 6.26 Å². The first kappa shape index (κ1) is 19.7. The van der Waals surface area contributed by atoms with Crippen LogP contribution in [-0.4, -0.2) is 18.0 Å². The number of aryl methyl sites for hydroxylation is 1. The Balaban J connectivity index is 2.04. The second kappa shape index (κ2) is 7.17. The van der Waals surface area contributed by atoms with E-state index in [2.05, 4.69) is 19.9 Å². The van der Waals surface area contributed by atoms with Gasteiger partial charge in [0.25, 0.3) is 0 Å². The first-order chi connectivity index (χ1) is 12.6. The van der Waals surface area contributed by atoms with Crippen molar-refractivity contribution in [2.45, 2.75) is 73.0 Å². The number of fused-ring (bicyclic) bond motifs is 2. The molecule has 1 heterocycles. The van der Waals surface area contributed by atoms with Crippen LogP contribution in [0.4, 0.5) is 0 Å². The van der Waals surface area contributed by atoms with Gasteiger partial charge in [0.15, 0.2) is 0 Å². The molecule has 0 aromatic carbocycles. The summed E-state index contributed by atoms with van der Waals surface area (Å²) in [7, 11) is 0. The van der Waals surface area contributed by atoms with Crippen molar-refractivity contribution in [2.24, 2.45) is 17.3 Å². The topological polar surface area (TPSA) is 65.7 Å². The van der Waals surface area contributed by atoms with E-state index in [1.165, 1.54) is 12.5 Å². The number of ether oxygens (including phenoxy) is 2. The quantitative estimate of drug-likeness (QED) is 0.565. The smallest absolute Gasteiger partial charge is 0.306 e. The van der Waals surface area contributed by atoms with Gasteiger partial charge in [-0.1, -0.05) is 39.3 Å². The lowest BCUT2D eigenvalue weighted by molar-refractivity contribution is -0.167. The van der Waals surface area contributed by atoms with Crippen molar-refractivity contribution in [3.8, 4) is 0 Å². The molecule has 0 saturated heterocycles. The zero-order chi connectivity index (χ0) is 19.9. The van der Waals surface area contributed by atoms with Crippen LogP contribution in [0.1, 0.15) is 70.5 Å². The molecule has 0 aliphatic heterocycles. The van der Waals surface area contributed by atoms with Gasteiger partial charge in [-0.15, -0.1) is 0 Å². The lowest BCUT2D eigenvalue weighted by Crippen LogP contribution is -2.48. The highest BCUT2D eigenvalue weighted by Gasteiger charge is 2.54. The third-order valence-electron chi connectivity index (χ3n) is 6.19. The monoisotopic (exact) mass is 374 g/mol. The average Bonchev–Trinajstić information content (AvgIpc) is 2.92. The largest absolute Gasteiger partial charge is 0.468 e. The van der Waals surface area contributed by atoms with Crippen LogP contribution in [0.15, 0.2) is 22.3 Å². The van der Waals surface area contributed by atoms with Crippen molar-refractivity contribution >= 4 is 11.9 Å². The lowest BCUT2D eigenvalue weighted by atomic mass is 9.58. The molecule has 3 rings (SSSR count). The molecule has 2 aliphatic rings. The Labute approximate surface area is 161 Å². The van der Waals surface area contributed by atoms with Crippen molar-refractivity contribution < 1.29 is 23.5 Å². The van der Waals surface area contributed by atoms with Crippen molar-refractivity contribution in [1.29, 1.82) is 0 Å². The summed E-state index contributed by atoms with van der Waals surface area (Å²) in [5.41, 5.74) is 2.73. The van der Waals surface area contributed by atoms with Crippen molar-refractivity contribution in [2.75, 3.05) is 0 Å². The van der Waals surface area contributed by atoms with E-state index in [0.717, 1.165) is 16.9 Å². The van der Waals surface area contributed by atoms with Gasteiger partial charge in [-0.2, -0.15) is 0 Å². The zero-order valence-electron chi connectivity index (χ0n) is 17.1. The van der Waals surface area contributed by atoms with Gasteiger partial charge in [-0.05, 0) is 18.4 Å². The standard InChI is InChI=1S/C22H30O5/c1-12(2)9-19(24)27-21-20-13(3)11-25-18(20)10-16-7-8-17(26-15(5)23)14(4)22(16,21)6/h7,11-12,14,17,21H,8-10H2,1-6H3/t14-,17-,21+,22+/m0/s1. The van der Waals surface area contributed by atoms with Gasteiger partial charge in [0.2, 0.25) is 0 Å². The van der Waals surface area contributed by atoms with Crippen LogP contribution in [-0.2, 0) is 25.5 Å². The number of carbonyl (C=O) groups is 2. The fourth-order valence-corrected chi connectivity index (χ4v) is 4.56. The van der Waals surface area contributed by atoms with Crippen molar-refractivity contribution in [1.82, 2.24) is 0 Å². The van der Waals surface area contributed by atoms with E-state index in [4.69, 9.17) is 13.9 Å². The minimum absolute atomic E-state index is 0.0145. The second-order valence-corrected chi connectivity index (χ2v) is 8.58. The van der Waals surface area contributed by atoms with Crippen LogP contribution in [0.25, 0.3) is 0 Å². The Kier molecular flexibility index (Phi) is 5.24. The first-order valence-corrected chi connectivity index (χ1v) is 9.77. The van der Waals surface area contributed by atoms with Crippen LogP contribution in [0.5, 0.6) is 0 Å². The molecule has 2 aliphatic carbocycles. The number of furan rings is 1. The molecule has 27 heavy (non-hydrogen) atoms. The fourth-order valence-electron chi connectivity index (χ4n) is 4.56. The average molecular weight is 374 g/mol. The van der Waals surface area contributed by atoms with E-state index in [-0.39, 0.29) is 29.9 Å². The predicted octanol–water partition coefficient (Wildman–Crippen LogP) is 4.68. The first-order valence-electron chi connectivity index (χ1n) is 9.77. The van der Waals surface area contributed by atoms with Crippen LogP contribution in [0, 0.1) is 24.2 Å². The molecule has 0 N–H and O–H groups in total. The van der Waals surface area contributed by atoms with Crippen LogP contribution in [0.2, 0.25) is 0 Å². The summed E-state index contributed by atoms with van der Waals surface area (Å²) in [5, 5.41) is 0. The maximum atomic E-state index is 12.6. The summed E-state index contributed by atoms with van der Waals surface area (Å²) in [6.45, 7) is 11.6. The predicted molar refractivity (Wildman–Crippen MR) is 101 cm³/mol. The van der Waals surface area contributed by atoms with E-state index in [1.54, 1.807) is 6.26 Å². The molecular formula is C22H30O5. The van der Waals surface area contributed by atoms with Gasteiger partial charge in [-0.25, -0.2) is 0 Å². The number of hydrogen-bond donors (Lipinski definition) is 0. The molecular weight excluding hydrogens is 344 g/mol. The Bertz CT molecular complexity index is 772. The lowest BCUT2D eigenvalue weighted by Gasteiger charge is -2.50. The van der Waals surface area contributed by atoms with Gasteiger partial charge in [0, 0.05) is 43.1 Å². The van der Waals surface area contributed by atoms with E-state index < -0.39 is 11.5 Å². The van der Waals surface area contributed by atoms with E-state index >= 15 is 0 Å². The maximum Gasteiger partial charge on any atom is 0.306 e. The molecule has 148 valence electrons. The number of hydrogen-bond acceptors (Lipinski definition) is 5. The molecule has 1 aromatic rings. The van der Waals surface area contributed by atoms with Gasteiger partial charge >= 0.3 is 11.9 Å². The Morgan fingerprint density at radius 2 is 2.04 bits per heavy atom. The number of carbonyl (C=O) groups excluding carboxylic acids is 2. The highest BCUT2D eigenvalue weighted by Crippen LogP contribution is 2.58. The molecule has 0 unspecified atom stereocenters.